The zero-order valence-electron chi connectivity index (χ0n) is 16.7. The third kappa shape index (κ3) is 5.65. The first-order chi connectivity index (χ1) is 14.1. The summed E-state index contributed by atoms with van der Waals surface area (Å²) >= 11 is 12.4. The first-order valence-electron chi connectivity index (χ1n) is 9.49. The average Bonchev–Trinajstić information content (AvgIpc) is 2.65. The minimum Gasteiger partial charge on any atom is -0.482 e. The van der Waals surface area contributed by atoms with E-state index in [-0.39, 0.29) is 12.0 Å². The first kappa shape index (κ1) is 22.4. The summed E-state index contributed by atoms with van der Waals surface area (Å²) in [5.74, 6) is -0.847. The van der Waals surface area contributed by atoms with Crippen LogP contribution < -0.4 is 10.1 Å². The van der Waals surface area contributed by atoms with Crippen molar-refractivity contribution < 1.29 is 24.2 Å². The lowest BCUT2D eigenvalue weighted by molar-refractivity contribution is -0.139. The van der Waals surface area contributed by atoms with Gasteiger partial charge in [0.05, 0.1) is 12.2 Å². The maximum Gasteiger partial charge on any atom is 0.341 e. The largest absolute Gasteiger partial charge is 0.482 e. The molecule has 0 spiro atoms. The summed E-state index contributed by atoms with van der Waals surface area (Å²) in [4.78, 5) is 22.9. The summed E-state index contributed by atoms with van der Waals surface area (Å²) in [6.07, 6.45) is 0.190. The Morgan fingerprint density at radius 2 is 1.87 bits per heavy atom. The van der Waals surface area contributed by atoms with E-state index >= 15 is 0 Å². The SMILES string of the molecule is CC(=O)N[C@@]1(C)C[C@@H](c2cc(Cl)ccc2OCC(=O)O)O[C@@H](c2cccc(Cl)c2)C1. The number of carbonyl (C=O) groups is 2. The van der Waals surface area contributed by atoms with Crippen molar-refractivity contribution in [2.24, 2.45) is 0 Å². The lowest BCUT2D eigenvalue weighted by Gasteiger charge is -2.43. The van der Waals surface area contributed by atoms with Gasteiger partial charge < -0.3 is 19.9 Å². The number of benzene rings is 2. The predicted octanol–water partition coefficient (Wildman–Crippen LogP) is 4.94. The molecular weight excluding hydrogens is 429 g/mol. The summed E-state index contributed by atoms with van der Waals surface area (Å²) in [6, 6.07) is 12.4. The van der Waals surface area contributed by atoms with E-state index in [4.69, 9.17) is 37.8 Å². The van der Waals surface area contributed by atoms with E-state index in [1.807, 2.05) is 25.1 Å². The normalized spacial score (nSPS) is 23.6. The van der Waals surface area contributed by atoms with E-state index in [1.165, 1.54) is 6.92 Å². The van der Waals surface area contributed by atoms with Gasteiger partial charge in [0.1, 0.15) is 5.75 Å². The van der Waals surface area contributed by atoms with Crippen LogP contribution in [-0.4, -0.2) is 29.1 Å². The van der Waals surface area contributed by atoms with Crippen molar-refractivity contribution in [3.63, 3.8) is 0 Å². The molecule has 30 heavy (non-hydrogen) atoms. The number of nitrogens with one attached hydrogen (secondary N) is 1. The topological polar surface area (TPSA) is 84.9 Å². The zero-order chi connectivity index (χ0) is 21.9. The second kappa shape index (κ2) is 9.25. The van der Waals surface area contributed by atoms with E-state index in [0.717, 1.165) is 5.56 Å². The molecule has 0 radical (unpaired) electrons. The summed E-state index contributed by atoms with van der Waals surface area (Å²) in [5, 5.41) is 13.1. The Labute approximate surface area is 185 Å². The maximum atomic E-state index is 11.9. The highest BCUT2D eigenvalue weighted by Crippen LogP contribution is 2.46. The molecule has 0 aromatic heterocycles. The number of amides is 1. The first-order valence-corrected chi connectivity index (χ1v) is 10.2. The van der Waals surface area contributed by atoms with Crippen LogP contribution in [0, 0.1) is 0 Å². The smallest absolute Gasteiger partial charge is 0.341 e. The molecular formula is C22H23Cl2NO5. The van der Waals surface area contributed by atoms with Gasteiger partial charge in [-0.05, 0) is 42.8 Å². The molecule has 1 aliphatic heterocycles. The number of carboxylic acids is 1. The van der Waals surface area contributed by atoms with Crippen molar-refractivity contribution in [3.8, 4) is 5.75 Å². The number of carbonyl (C=O) groups excluding carboxylic acids is 1. The van der Waals surface area contributed by atoms with Crippen molar-refractivity contribution in [2.45, 2.75) is 44.4 Å². The summed E-state index contributed by atoms with van der Waals surface area (Å²) in [7, 11) is 0. The highest BCUT2D eigenvalue weighted by Gasteiger charge is 2.41. The van der Waals surface area contributed by atoms with Crippen LogP contribution in [0.5, 0.6) is 5.75 Å². The molecule has 3 rings (SSSR count). The van der Waals surface area contributed by atoms with Crippen molar-refractivity contribution in [2.75, 3.05) is 6.61 Å². The van der Waals surface area contributed by atoms with Gasteiger partial charge in [-0.1, -0.05) is 35.3 Å². The molecule has 0 saturated carbocycles. The molecule has 1 saturated heterocycles. The van der Waals surface area contributed by atoms with E-state index in [1.54, 1.807) is 24.3 Å². The van der Waals surface area contributed by atoms with Crippen LogP contribution >= 0.6 is 23.2 Å². The van der Waals surface area contributed by atoms with Crippen molar-refractivity contribution in [3.05, 3.63) is 63.6 Å². The van der Waals surface area contributed by atoms with Crippen LogP contribution in [0.2, 0.25) is 10.0 Å². The van der Waals surface area contributed by atoms with Crippen LogP contribution in [0.15, 0.2) is 42.5 Å². The molecule has 0 unspecified atom stereocenters. The number of halogens is 2. The molecule has 8 heteroatoms. The molecule has 2 aromatic carbocycles. The van der Waals surface area contributed by atoms with Gasteiger partial charge >= 0.3 is 5.97 Å². The highest BCUT2D eigenvalue weighted by atomic mass is 35.5. The van der Waals surface area contributed by atoms with Crippen LogP contribution in [0.3, 0.4) is 0 Å². The average molecular weight is 452 g/mol. The molecule has 2 N–H and O–H groups in total. The number of hydrogen-bond donors (Lipinski definition) is 2. The molecule has 1 amide bonds. The maximum absolute atomic E-state index is 11.9. The monoisotopic (exact) mass is 451 g/mol. The third-order valence-corrected chi connectivity index (χ3v) is 5.44. The van der Waals surface area contributed by atoms with E-state index in [9.17, 15) is 9.59 Å². The van der Waals surface area contributed by atoms with Crippen LogP contribution in [0.1, 0.15) is 50.0 Å². The van der Waals surface area contributed by atoms with Crippen LogP contribution in [-0.2, 0) is 14.3 Å². The lowest BCUT2D eigenvalue weighted by Crippen LogP contribution is -2.50. The van der Waals surface area contributed by atoms with E-state index in [0.29, 0.717) is 34.2 Å². The fourth-order valence-corrected chi connectivity index (χ4v) is 4.23. The quantitative estimate of drug-likeness (QED) is 0.649. The van der Waals surface area contributed by atoms with E-state index in [2.05, 4.69) is 5.32 Å². The molecule has 1 aliphatic rings. The van der Waals surface area contributed by atoms with Crippen LogP contribution in [0.4, 0.5) is 0 Å². The molecule has 6 nitrogen and oxygen atoms in total. The second-order valence-electron chi connectivity index (χ2n) is 7.68. The summed E-state index contributed by atoms with van der Waals surface area (Å²) < 4.78 is 11.9. The Bertz CT molecular complexity index is 951. The fraction of sp³-hybridized carbons (Fsp3) is 0.364. The molecule has 3 atom stereocenters. The molecule has 1 fully saturated rings. The number of aliphatic carboxylic acids is 1. The fourth-order valence-electron chi connectivity index (χ4n) is 3.85. The number of hydrogen-bond acceptors (Lipinski definition) is 4. The van der Waals surface area contributed by atoms with Crippen LogP contribution in [0.25, 0.3) is 0 Å². The van der Waals surface area contributed by atoms with Gasteiger partial charge in [-0.3, -0.25) is 4.79 Å². The Morgan fingerprint density at radius 3 is 2.53 bits per heavy atom. The highest BCUT2D eigenvalue weighted by molar-refractivity contribution is 6.31. The number of rotatable bonds is 6. The Balaban J connectivity index is 1.99. The van der Waals surface area contributed by atoms with Gasteiger partial charge in [0.15, 0.2) is 6.61 Å². The molecule has 0 bridgehead atoms. The Kier molecular flexibility index (Phi) is 6.91. The van der Waals surface area contributed by atoms with Gasteiger partial charge in [0, 0.05) is 40.9 Å². The lowest BCUT2D eigenvalue weighted by atomic mass is 9.81. The standard InChI is InChI=1S/C22H23Cl2NO5/c1-13(26)25-22(2)10-19(14-4-3-5-15(23)8-14)30-20(11-22)17-9-16(24)6-7-18(17)29-12-21(27)28/h3-9,19-20H,10-12H2,1-2H3,(H,25,26)(H,27,28)/t19-,20+,22-/m1/s1. The molecule has 0 aliphatic carbocycles. The van der Waals surface area contributed by atoms with Gasteiger partial charge in [-0.2, -0.15) is 0 Å². The van der Waals surface area contributed by atoms with Gasteiger partial charge in [-0.25, -0.2) is 4.79 Å². The zero-order valence-corrected chi connectivity index (χ0v) is 18.2. The molecule has 2 aromatic rings. The third-order valence-electron chi connectivity index (χ3n) is 4.97. The van der Waals surface area contributed by atoms with Crippen molar-refractivity contribution >= 4 is 35.1 Å². The Morgan fingerprint density at radius 1 is 1.17 bits per heavy atom. The van der Waals surface area contributed by atoms with Crippen molar-refractivity contribution in [1.82, 2.24) is 5.32 Å². The number of carboxylic acid groups (broad SMARTS) is 1. The van der Waals surface area contributed by atoms with Crippen molar-refractivity contribution in [1.29, 1.82) is 0 Å². The predicted molar refractivity (Wildman–Crippen MR) is 114 cm³/mol. The summed E-state index contributed by atoms with van der Waals surface area (Å²) in [6.45, 7) is 2.96. The Hall–Kier alpha value is -2.28. The van der Waals surface area contributed by atoms with Gasteiger partial charge in [-0.15, -0.1) is 0 Å². The van der Waals surface area contributed by atoms with Gasteiger partial charge in [0.2, 0.25) is 5.91 Å². The van der Waals surface area contributed by atoms with Gasteiger partial charge in [0.25, 0.3) is 0 Å². The number of ether oxygens (including phenoxy) is 2. The minimum absolute atomic E-state index is 0.142. The molecule has 1 heterocycles. The molecule has 160 valence electrons. The second-order valence-corrected chi connectivity index (χ2v) is 8.56. The minimum atomic E-state index is -1.08. The summed E-state index contributed by atoms with van der Waals surface area (Å²) in [5.41, 5.74) is 0.958. The van der Waals surface area contributed by atoms with E-state index < -0.39 is 24.2 Å².